The van der Waals surface area contributed by atoms with Gasteiger partial charge >= 0.3 is 5.97 Å². The largest absolute Gasteiger partial charge is 0.493 e. The average Bonchev–Trinajstić information content (AvgIpc) is 3.19. The van der Waals surface area contributed by atoms with Crippen molar-refractivity contribution in [3.63, 3.8) is 0 Å². The van der Waals surface area contributed by atoms with E-state index in [4.69, 9.17) is 23.7 Å². The first kappa shape index (κ1) is 19.1. The van der Waals surface area contributed by atoms with Gasteiger partial charge in [0.1, 0.15) is 0 Å². The van der Waals surface area contributed by atoms with E-state index in [0.717, 1.165) is 5.56 Å². The number of hydrogen-bond acceptors (Lipinski definition) is 7. The summed E-state index contributed by atoms with van der Waals surface area (Å²) in [7, 11) is 4.16. The first-order valence-electron chi connectivity index (χ1n) is 8.28. The van der Waals surface area contributed by atoms with Crippen LogP contribution >= 0.6 is 0 Å². The van der Waals surface area contributed by atoms with Gasteiger partial charge in [0.05, 0.1) is 32.6 Å². The molecule has 3 rings (SSSR count). The predicted molar refractivity (Wildman–Crippen MR) is 101 cm³/mol. The number of esters is 1. The van der Waals surface area contributed by atoms with E-state index in [2.05, 4.69) is 5.32 Å². The maximum Gasteiger partial charge on any atom is 0.340 e. The zero-order valence-electron chi connectivity index (χ0n) is 15.6. The number of ether oxygens (including phenoxy) is 5. The number of benzene rings is 2. The third-order valence-electron chi connectivity index (χ3n) is 4.01. The maximum atomic E-state index is 12.4. The van der Waals surface area contributed by atoms with E-state index >= 15 is 0 Å². The van der Waals surface area contributed by atoms with Gasteiger partial charge in [0.25, 0.3) is 0 Å². The van der Waals surface area contributed by atoms with Crippen molar-refractivity contribution in [1.29, 1.82) is 0 Å². The molecule has 1 aliphatic heterocycles. The Morgan fingerprint density at radius 1 is 1.00 bits per heavy atom. The lowest BCUT2D eigenvalue weighted by Gasteiger charge is -2.14. The van der Waals surface area contributed by atoms with Crippen molar-refractivity contribution in [1.82, 2.24) is 0 Å². The lowest BCUT2D eigenvalue weighted by Crippen LogP contribution is -2.13. The second-order valence-electron chi connectivity index (χ2n) is 5.68. The van der Waals surface area contributed by atoms with Crippen molar-refractivity contribution in [2.75, 3.05) is 33.4 Å². The third-order valence-corrected chi connectivity index (χ3v) is 4.01. The molecular weight excluding hydrogens is 366 g/mol. The average molecular weight is 385 g/mol. The van der Waals surface area contributed by atoms with Gasteiger partial charge in [-0.25, -0.2) is 4.79 Å². The van der Waals surface area contributed by atoms with Crippen LogP contribution in [0.1, 0.15) is 15.9 Å². The molecule has 0 unspecified atom stereocenters. The molecule has 8 nitrogen and oxygen atoms in total. The van der Waals surface area contributed by atoms with E-state index in [1.54, 1.807) is 24.3 Å². The van der Waals surface area contributed by atoms with E-state index in [1.807, 2.05) is 0 Å². The third kappa shape index (κ3) is 4.01. The van der Waals surface area contributed by atoms with Gasteiger partial charge in [-0.1, -0.05) is 6.07 Å². The molecule has 8 heteroatoms. The summed E-state index contributed by atoms with van der Waals surface area (Å²) < 4.78 is 25.8. The Kier molecular flexibility index (Phi) is 5.69. The van der Waals surface area contributed by atoms with E-state index in [0.29, 0.717) is 23.0 Å². The molecule has 1 N–H and O–H groups in total. The highest BCUT2D eigenvalue weighted by Gasteiger charge is 2.18. The number of methoxy groups -OCH3 is 3. The summed E-state index contributed by atoms with van der Waals surface area (Å²) in [6, 6.07) is 8.28. The zero-order chi connectivity index (χ0) is 20.1. The van der Waals surface area contributed by atoms with Crippen molar-refractivity contribution in [2.24, 2.45) is 0 Å². The van der Waals surface area contributed by atoms with E-state index < -0.39 is 11.9 Å². The number of nitrogens with one attached hydrogen (secondary N) is 1. The van der Waals surface area contributed by atoms with Crippen LogP contribution < -0.4 is 24.3 Å². The second-order valence-corrected chi connectivity index (χ2v) is 5.68. The summed E-state index contributed by atoms with van der Waals surface area (Å²) in [5, 5.41) is 2.66. The minimum Gasteiger partial charge on any atom is -0.493 e. The predicted octanol–water partition coefficient (Wildman–Crippen LogP) is 2.87. The van der Waals surface area contributed by atoms with E-state index in [1.165, 1.54) is 39.5 Å². The molecule has 0 spiro atoms. The Hall–Kier alpha value is -3.68. The minimum atomic E-state index is -0.615. The molecule has 0 radical (unpaired) electrons. The molecule has 0 bridgehead atoms. The number of hydrogen-bond donors (Lipinski definition) is 1. The van der Waals surface area contributed by atoms with E-state index in [9.17, 15) is 9.59 Å². The molecule has 1 heterocycles. The topological polar surface area (TPSA) is 92.3 Å². The van der Waals surface area contributed by atoms with Crippen molar-refractivity contribution in [3.05, 3.63) is 47.5 Å². The van der Waals surface area contributed by atoms with Crippen LogP contribution in [0.2, 0.25) is 0 Å². The van der Waals surface area contributed by atoms with Crippen LogP contribution in [-0.2, 0) is 9.53 Å². The fraction of sp³-hybridized carbons (Fsp3) is 0.200. The highest BCUT2D eigenvalue weighted by atomic mass is 16.7. The summed E-state index contributed by atoms with van der Waals surface area (Å²) in [5.41, 5.74) is 1.15. The Balaban J connectivity index is 1.81. The van der Waals surface area contributed by atoms with Gasteiger partial charge in [-0.05, 0) is 23.8 Å². The first-order chi connectivity index (χ1) is 13.5. The molecule has 28 heavy (non-hydrogen) atoms. The van der Waals surface area contributed by atoms with Crippen molar-refractivity contribution < 1.29 is 33.3 Å². The summed E-state index contributed by atoms with van der Waals surface area (Å²) in [6.07, 6.45) is 2.96. The molecule has 1 amide bonds. The smallest absolute Gasteiger partial charge is 0.340 e. The quantitative estimate of drug-likeness (QED) is 0.604. The fourth-order valence-electron chi connectivity index (χ4n) is 2.62. The van der Waals surface area contributed by atoms with Crippen molar-refractivity contribution in [2.45, 2.75) is 0 Å². The number of fused-ring (bicyclic) bond motifs is 1. The number of rotatable bonds is 6. The van der Waals surface area contributed by atoms with Crippen LogP contribution in [0, 0.1) is 0 Å². The van der Waals surface area contributed by atoms with Gasteiger partial charge in [0.2, 0.25) is 12.7 Å². The lowest BCUT2D eigenvalue weighted by atomic mass is 10.1. The first-order valence-corrected chi connectivity index (χ1v) is 8.28. The Morgan fingerprint density at radius 3 is 2.43 bits per heavy atom. The minimum absolute atomic E-state index is 0.143. The maximum absolute atomic E-state index is 12.4. The lowest BCUT2D eigenvalue weighted by molar-refractivity contribution is -0.111. The van der Waals surface area contributed by atoms with Crippen molar-refractivity contribution >= 4 is 23.6 Å². The molecule has 0 aromatic heterocycles. The number of anilines is 1. The molecule has 0 saturated heterocycles. The molecule has 1 aliphatic rings. The van der Waals surface area contributed by atoms with Gasteiger partial charge in [-0.15, -0.1) is 0 Å². The zero-order valence-corrected chi connectivity index (χ0v) is 15.6. The van der Waals surface area contributed by atoms with Crippen LogP contribution in [0.25, 0.3) is 6.08 Å². The van der Waals surface area contributed by atoms with Gasteiger partial charge in [0, 0.05) is 18.2 Å². The summed E-state index contributed by atoms with van der Waals surface area (Å²) in [4.78, 5) is 24.4. The summed E-state index contributed by atoms with van der Waals surface area (Å²) in [6.45, 7) is 0.179. The van der Waals surface area contributed by atoms with Crippen LogP contribution in [0.5, 0.6) is 23.0 Å². The number of carbonyl (C=O) groups is 2. The molecule has 146 valence electrons. The van der Waals surface area contributed by atoms with Crippen LogP contribution in [0.15, 0.2) is 36.4 Å². The van der Waals surface area contributed by atoms with Crippen LogP contribution in [-0.4, -0.2) is 40.0 Å². The molecule has 0 atom stereocenters. The van der Waals surface area contributed by atoms with Gasteiger partial charge in [-0.3, -0.25) is 4.79 Å². The highest BCUT2D eigenvalue weighted by Crippen LogP contribution is 2.34. The summed E-state index contributed by atoms with van der Waals surface area (Å²) >= 11 is 0. The van der Waals surface area contributed by atoms with Crippen LogP contribution in [0.4, 0.5) is 5.69 Å². The van der Waals surface area contributed by atoms with E-state index in [-0.39, 0.29) is 18.0 Å². The van der Waals surface area contributed by atoms with Crippen molar-refractivity contribution in [3.8, 4) is 23.0 Å². The Bertz CT molecular complexity index is 936. The second kappa shape index (κ2) is 8.34. The Morgan fingerprint density at radius 2 is 1.71 bits per heavy atom. The number of amides is 1. The number of carbonyl (C=O) groups excluding carboxylic acids is 2. The van der Waals surface area contributed by atoms with Gasteiger partial charge in [0.15, 0.2) is 23.0 Å². The Labute approximate surface area is 161 Å². The normalized spacial score (nSPS) is 12.0. The van der Waals surface area contributed by atoms with Gasteiger partial charge < -0.3 is 29.0 Å². The molecule has 2 aromatic carbocycles. The molecule has 2 aromatic rings. The SMILES string of the molecule is COC(=O)c1cc(OC)c(OC)cc1NC(=O)/C=C/c1ccc2c(c1)OCO2. The standard InChI is InChI=1S/C20H19NO7/c1-24-16-9-13(20(23)26-3)14(10-17(16)25-2)21-19(22)7-5-12-4-6-15-18(8-12)28-11-27-15/h4-10H,11H2,1-3H3,(H,21,22)/b7-5+. The fourth-order valence-corrected chi connectivity index (χ4v) is 2.62. The molecule has 0 saturated carbocycles. The molecule has 0 fully saturated rings. The van der Waals surface area contributed by atoms with Crippen LogP contribution in [0.3, 0.4) is 0 Å². The van der Waals surface area contributed by atoms with Gasteiger partial charge in [-0.2, -0.15) is 0 Å². The molecule has 0 aliphatic carbocycles. The monoisotopic (exact) mass is 385 g/mol. The highest BCUT2D eigenvalue weighted by molar-refractivity contribution is 6.07. The summed E-state index contributed by atoms with van der Waals surface area (Å²) in [5.74, 6) is 0.943. The molecular formula is C20H19NO7.